The molecule has 0 bridgehead atoms. The smallest absolute Gasteiger partial charge is 0.307 e. The Balaban J connectivity index is 2.36. The average Bonchev–Trinajstić information content (AvgIpc) is 2.70. The Morgan fingerprint density at radius 3 is 2.67 bits per heavy atom. The Kier molecular flexibility index (Phi) is 2.07. The summed E-state index contributed by atoms with van der Waals surface area (Å²) in [5.74, 6) is -0.808. The maximum Gasteiger partial charge on any atom is 0.307 e. The van der Waals surface area contributed by atoms with Crippen LogP contribution in [0.5, 0.6) is 0 Å². The maximum atomic E-state index is 11.1. The molecule has 2 rings (SSSR count). The molecule has 3 nitrogen and oxygen atoms in total. The van der Waals surface area contributed by atoms with E-state index in [0.29, 0.717) is 0 Å². The lowest BCUT2D eigenvalue weighted by molar-refractivity contribution is -0.139. The second-order valence-electron chi connectivity index (χ2n) is 4.85. The summed E-state index contributed by atoms with van der Waals surface area (Å²) in [4.78, 5) is 15.1. The number of nitrogens with zero attached hydrogens (tertiary/aromatic N) is 1. The second-order valence-corrected chi connectivity index (χ2v) is 4.85. The monoisotopic (exact) mass is 205 g/mol. The lowest BCUT2D eigenvalue weighted by atomic mass is 10.0. The first-order valence-corrected chi connectivity index (χ1v) is 5.09. The number of aliphatic carboxylic acids is 1. The lowest BCUT2D eigenvalue weighted by Crippen LogP contribution is -2.03. The van der Waals surface area contributed by atoms with Gasteiger partial charge in [-0.05, 0) is 29.5 Å². The van der Waals surface area contributed by atoms with E-state index in [2.05, 4.69) is 4.98 Å². The summed E-state index contributed by atoms with van der Waals surface area (Å²) in [5.41, 5.74) is 2.08. The van der Waals surface area contributed by atoms with Crippen molar-refractivity contribution in [3.63, 3.8) is 0 Å². The molecule has 1 aromatic rings. The first-order valence-electron chi connectivity index (χ1n) is 5.09. The van der Waals surface area contributed by atoms with Gasteiger partial charge in [-0.3, -0.25) is 9.78 Å². The summed E-state index contributed by atoms with van der Waals surface area (Å²) in [6.45, 7) is 6.00. The molecule has 3 heteroatoms. The van der Waals surface area contributed by atoms with Crippen LogP contribution < -0.4 is 0 Å². The molecule has 0 spiro atoms. The highest BCUT2D eigenvalue weighted by Crippen LogP contribution is 2.64. The molecule has 1 aromatic heterocycles. The van der Waals surface area contributed by atoms with Gasteiger partial charge >= 0.3 is 5.97 Å². The summed E-state index contributed by atoms with van der Waals surface area (Å²) < 4.78 is 0. The second kappa shape index (κ2) is 3.05. The van der Waals surface area contributed by atoms with E-state index >= 15 is 0 Å². The van der Waals surface area contributed by atoms with Crippen LogP contribution in [0.3, 0.4) is 0 Å². The fourth-order valence-corrected chi connectivity index (χ4v) is 2.51. The van der Waals surface area contributed by atoms with E-state index < -0.39 is 5.97 Å². The number of aromatic nitrogens is 1. The van der Waals surface area contributed by atoms with Crippen molar-refractivity contribution < 1.29 is 9.90 Å². The van der Waals surface area contributed by atoms with Crippen molar-refractivity contribution in [1.29, 1.82) is 0 Å². The van der Waals surface area contributed by atoms with E-state index in [4.69, 9.17) is 5.11 Å². The predicted octanol–water partition coefficient (Wildman–Crippen LogP) is 2.21. The maximum absolute atomic E-state index is 11.1. The molecular weight excluding hydrogens is 190 g/mol. The summed E-state index contributed by atoms with van der Waals surface area (Å²) in [6.07, 6.45) is 3.53. The molecule has 1 fully saturated rings. The largest absolute Gasteiger partial charge is 0.481 e. The molecule has 0 unspecified atom stereocenters. The van der Waals surface area contributed by atoms with Crippen LogP contribution in [0.25, 0.3) is 0 Å². The molecule has 1 N–H and O–H groups in total. The van der Waals surface area contributed by atoms with Crippen LogP contribution >= 0.6 is 0 Å². The van der Waals surface area contributed by atoms with Gasteiger partial charge in [0.2, 0.25) is 0 Å². The van der Waals surface area contributed by atoms with E-state index in [-0.39, 0.29) is 17.3 Å². The number of hydrogen-bond donors (Lipinski definition) is 1. The van der Waals surface area contributed by atoms with Crippen molar-refractivity contribution in [1.82, 2.24) is 4.98 Å². The Morgan fingerprint density at radius 2 is 2.20 bits per heavy atom. The van der Waals surface area contributed by atoms with Crippen LogP contribution in [-0.2, 0) is 4.79 Å². The highest BCUT2D eigenvalue weighted by molar-refractivity contribution is 5.77. The zero-order valence-corrected chi connectivity index (χ0v) is 9.19. The van der Waals surface area contributed by atoms with Crippen LogP contribution in [0, 0.1) is 18.3 Å². The summed E-state index contributed by atoms with van der Waals surface area (Å²) in [7, 11) is 0. The summed E-state index contributed by atoms with van der Waals surface area (Å²) in [6, 6.07) is 1.94. The average molecular weight is 205 g/mol. The van der Waals surface area contributed by atoms with E-state index in [0.717, 1.165) is 11.1 Å². The first-order chi connectivity index (χ1) is 6.96. The molecule has 0 amide bonds. The molecular formula is C12H15NO2. The third-order valence-corrected chi connectivity index (χ3v) is 3.49. The molecule has 0 saturated heterocycles. The van der Waals surface area contributed by atoms with Gasteiger partial charge in [-0.2, -0.15) is 0 Å². The standard InChI is InChI=1S/C12H15NO2/c1-7-6-13-5-4-8(7)9-10(11(14)15)12(9,2)3/h4-6,9-10H,1-3H3,(H,14,15)/t9-,10+/m1/s1. The van der Waals surface area contributed by atoms with Gasteiger partial charge in [0.1, 0.15) is 0 Å². The van der Waals surface area contributed by atoms with E-state index in [1.54, 1.807) is 12.4 Å². The number of rotatable bonds is 2. The quantitative estimate of drug-likeness (QED) is 0.805. The number of hydrogen-bond acceptors (Lipinski definition) is 2. The molecule has 1 aliphatic rings. The molecule has 1 heterocycles. The Hall–Kier alpha value is -1.38. The minimum atomic E-state index is -0.693. The third kappa shape index (κ3) is 1.42. The third-order valence-electron chi connectivity index (χ3n) is 3.49. The fraction of sp³-hybridized carbons (Fsp3) is 0.500. The zero-order valence-electron chi connectivity index (χ0n) is 9.19. The first kappa shape index (κ1) is 10.1. The molecule has 0 radical (unpaired) electrons. The summed E-state index contributed by atoms with van der Waals surface area (Å²) >= 11 is 0. The minimum Gasteiger partial charge on any atom is -0.481 e. The molecule has 15 heavy (non-hydrogen) atoms. The van der Waals surface area contributed by atoms with Gasteiger partial charge in [0.15, 0.2) is 0 Å². The predicted molar refractivity (Wildman–Crippen MR) is 56.6 cm³/mol. The molecule has 1 aliphatic carbocycles. The number of carboxylic acids is 1. The summed E-state index contributed by atoms with van der Waals surface area (Å²) in [5, 5.41) is 9.10. The van der Waals surface area contributed by atoms with Gasteiger partial charge in [0, 0.05) is 18.3 Å². The van der Waals surface area contributed by atoms with E-state index in [1.807, 2.05) is 26.8 Å². The van der Waals surface area contributed by atoms with Crippen molar-refractivity contribution in [3.05, 3.63) is 29.6 Å². The molecule has 2 atom stereocenters. The Morgan fingerprint density at radius 1 is 1.53 bits per heavy atom. The minimum absolute atomic E-state index is 0.127. The molecule has 0 aromatic carbocycles. The van der Waals surface area contributed by atoms with Gasteiger partial charge in [0.25, 0.3) is 0 Å². The SMILES string of the molecule is Cc1cnccc1[C@@H]1[C@@H](C(=O)O)C1(C)C. The highest BCUT2D eigenvalue weighted by atomic mass is 16.4. The molecule has 1 saturated carbocycles. The highest BCUT2D eigenvalue weighted by Gasteiger charge is 2.62. The molecule has 80 valence electrons. The van der Waals surface area contributed by atoms with Crippen LogP contribution in [0.4, 0.5) is 0 Å². The number of carboxylic acid groups (broad SMARTS) is 1. The normalized spacial score (nSPS) is 27.4. The van der Waals surface area contributed by atoms with Crippen molar-refractivity contribution >= 4 is 5.97 Å². The van der Waals surface area contributed by atoms with Crippen molar-refractivity contribution in [2.24, 2.45) is 11.3 Å². The van der Waals surface area contributed by atoms with Crippen LogP contribution in [0.2, 0.25) is 0 Å². The Labute approximate surface area is 89.2 Å². The van der Waals surface area contributed by atoms with Crippen molar-refractivity contribution in [3.8, 4) is 0 Å². The van der Waals surface area contributed by atoms with Gasteiger partial charge in [-0.15, -0.1) is 0 Å². The van der Waals surface area contributed by atoms with Gasteiger partial charge in [-0.25, -0.2) is 0 Å². The Bertz CT molecular complexity index is 412. The fourth-order valence-electron chi connectivity index (χ4n) is 2.51. The number of pyridine rings is 1. The zero-order chi connectivity index (χ0) is 11.2. The van der Waals surface area contributed by atoms with Crippen molar-refractivity contribution in [2.75, 3.05) is 0 Å². The van der Waals surface area contributed by atoms with Crippen LogP contribution in [0.15, 0.2) is 18.5 Å². The topological polar surface area (TPSA) is 50.2 Å². The van der Waals surface area contributed by atoms with Crippen LogP contribution in [0.1, 0.15) is 30.9 Å². The number of carbonyl (C=O) groups is 1. The van der Waals surface area contributed by atoms with Gasteiger partial charge in [-0.1, -0.05) is 13.8 Å². The van der Waals surface area contributed by atoms with E-state index in [9.17, 15) is 4.79 Å². The number of aryl methyl sites for hydroxylation is 1. The van der Waals surface area contributed by atoms with Gasteiger partial charge in [0.05, 0.1) is 5.92 Å². The van der Waals surface area contributed by atoms with Crippen LogP contribution in [-0.4, -0.2) is 16.1 Å². The van der Waals surface area contributed by atoms with E-state index in [1.165, 1.54) is 0 Å². The van der Waals surface area contributed by atoms with Gasteiger partial charge < -0.3 is 5.11 Å². The molecule has 0 aliphatic heterocycles. The van der Waals surface area contributed by atoms with Crippen molar-refractivity contribution in [2.45, 2.75) is 26.7 Å². The lowest BCUT2D eigenvalue weighted by Gasteiger charge is -2.05.